The highest BCUT2D eigenvalue weighted by Crippen LogP contribution is 2.34. The Hall–Kier alpha value is -2.82. The molecule has 0 saturated carbocycles. The topological polar surface area (TPSA) is 63.3 Å². The predicted molar refractivity (Wildman–Crippen MR) is 103 cm³/mol. The minimum Gasteiger partial charge on any atom is -0.506 e. The molecule has 0 radical (unpaired) electrons. The van der Waals surface area contributed by atoms with E-state index in [1.165, 1.54) is 18.3 Å². The summed E-state index contributed by atoms with van der Waals surface area (Å²) in [7, 11) is 0. The van der Waals surface area contributed by atoms with Crippen molar-refractivity contribution >= 4 is 34.2 Å². The lowest BCUT2D eigenvalue weighted by atomic mass is 10.0. The molecule has 0 saturated heterocycles. The van der Waals surface area contributed by atoms with Crippen LogP contribution < -0.4 is 5.43 Å². The van der Waals surface area contributed by atoms with Crippen LogP contribution in [0.15, 0.2) is 70.0 Å². The SMILES string of the molecule is O=c1cc(-c2ccc(O)cn2)oc2c(-c3cccc(Cl)c3)cc(Cl)cc12. The molecule has 128 valence electrons. The molecule has 0 amide bonds. The van der Waals surface area contributed by atoms with E-state index in [1.807, 2.05) is 12.1 Å². The number of nitrogens with zero attached hydrogens (tertiary/aromatic N) is 1. The van der Waals surface area contributed by atoms with E-state index in [-0.39, 0.29) is 11.2 Å². The minimum atomic E-state index is -0.234. The third kappa shape index (κ3) is 3.05. The van der Waals surface area contributed by atoms with Crippen LogP contribution in [0.25, 0.3) is 33.6 Å². The molecule has 4 nitrogen and oxygen atoms in total. The first-order chi connectivity index (χ1) is 12.5. The monoisotopic (exact) mass is 383 g/mol. The van der Waals surface area contributed by atoms with Crippen molar-refractivity contribution in [3.05, 3.63) is 81.1 Å². The van der Waals surface area contributed by atoms with Crippen molar-refractivity contribution in [2.24, 2.45) is 0 Å². The number of hydrogen-bond donors (Lipinski definition) is 1. The second-order valence-corrected chi connectivity index (χ2v) is 6.59. The Morgan fingerprint density at radius 3 is 2.54 bits per heavy atom. The molecule has 4 aromatic rings. The van der Waals surface area contributed by atoms with Crippen LogP contribution in [0.4, 0.5) is 0 Å². The fourth-order valence-corrected chi connectivity index (χ4v) is 3.16. The molecular formula is C20H11Cl2NO3. The smallest absolute Gasteiger partial charge is 0.193 e. The van der Waals surface area contributed by atoms with Gasteiger partial charge in [-0.05, 0) is 42.0 Å². The number of benzene rings is 2. The van der Waals surface area contributed by atoms with Crippen LogP contribution in [0.2, 0.25) is 10.0 Å². The van der Waals surface area contributed by atoms with E-state index >= 15 is 0 Å². The number of aromatic nitrogens is 1. The zero-order valence-corrected chi connectivity index (χ0v) is 14.8. The molecule has 0 unspecified atom stereocenters. The lowest BCUT2D eigenvalue weighted by Gasteiger charge is -2.09. The van der Waals surface area contributed by atoms with E-state index in [9.17, 15) is 9.90 Å². The van der Waals surface area contributed by atoms with Crippen molar-refractivity contribution in [2.75, 3.05) is 0 Å². The minimum absolute atomic E-state index is 0.0308. The molecule has 2 aromatic carbocycles. The number of fused-ring (bicyclic) bond motifs is 1. The second-order valence-electron chi connectivity index (χ2n) is 5.72. The Bertz CT molecular complexity index is 1180. The third-order valence-electron chi connectivity index (χ3n) is 3.93. The van der Waals surface area contributed by atoms with Crippen molar-refractivity contribution in [2.45, 2.75) is 0 Å². The van der Waals surface area contributed by atoms with E-state index in [0.717, 1.165) is 5.56 Å². The molecule has 0 aliphatic heterocycles. The number of halogens is 2. The molecule has 0 fully saturated rings. The highest BCUT2D eigenvalue weighted by Gasteiger charge is 2.14. The van der Waals surface area contributed by atoms with Crippen molar-refractivity contribution in [3.63, 3.8) is 0 Å². The van der Waals surface area contributed by atoms with Gasteiger partial charge < -0.3 is 9.52 Å². The summed E-state index contributed by atoms with van der Waals surface area (Å²) >= 11 is 12.3. The summed E-state index contributed by atoms with van der Waals surface area (Å²) in [5.74, 6) is 0.330. The summed E-state index contributed by atoms with van der Waals surface area (Å²) in [5.41, 5.74) is 2.04. The molecule has 2 aromatic heterocycles. The summed E-state index contributed by atoms with van der Waals surface area (Å²) in [6.45, 7) is 0. The average Bonchev–Trinajstić information content (AvgIpc) is 2.62. The normalized spacial score (nSPS) is 11.0. The maximum absolute atomic E-state index is 12.6. The standard InChI is InChI=1S/C20H11Cl2NO3/c21-12-3-1-2-11(6-12)15-7-13(22)8-16-18(25)9-19(26-20(15)16)17-5-4-14(24)10-23-17/h1-10,24H. The van der Waals surface area contributed by atoms with E-state index in [4.69, 9.17) is 27.6 Å². The van der Waals surface area contributed by atoms with Crippen LogP contribution >= 0.6 is 23.2 Å². The Labute approximate surface area is 158 Å². The molecule has 0 spiro atoms. The van der Waals surface area contributed by atoms with Crippen LogP contribution in [0, 0.1) is 0 Å². The molecule has 0 aliphatic carbocycles. The van der Waals surface area contributed by atoms with Gasteiger partial charge in [-0.3, -0.25) is 4.79 Å². The van der Waals surface area contributed by atoms with Crippen LogP contribution in [0.5, 0.6) is 5.75 Å². The van der Waals surface area contributed by atoms with Gasteiger partial charge in [0.1, 0.15) is 17.0 Å². The van der Waals surface area contributed by atoms with E-state index in [2.05, 4.69) is 4.98 Å². The van der Waals surface area contributed by atoms with E-state index < -0.39 is 0 Å². The Balaban J connectivity index is 2.03. The van der Waals surface area contributed by atoms with Crippen LogP contribution in [-0.2, 0) is 0 Å². The number of pyridine rings is 1. The molecule has 6 heteroatoms. The maximum atomic E-state index is 12.6. The van der Waals surface area contributed by atoms with Gasteiger partial charge in [-0.25, -0.2) is 4.98 Å². The van der Waals surface area contributed by atoms with Crippen molar-refractivity contribution in [1.29, 1.82) is 0 Å². The zero-order chi connectivity index (χ0) is 18.3. The molecule has 4 rings (SSSR count). The van der Waals surface area contributed by atoms with Gasteiger partial charge in [0, 0.05) is 21.7 Å². The first kappa shape index (κ1) is 16.6. The summed E-state index contributed by atoms with van der Waals surface area (Å²) in [6.07, 6.45) is 1.29. The lowest BCUT2D eigenvalue weighted by molar-refractivity contribution is 0.472. The molecule has 0 aliphatic rings. The van der Waals surface area contributed by atoms with Gasteiger partial charge in [0.05, 0.1) is 11.6 Å². The Morgan fingerprint density at radius 2 is 1.81 bits per heavy atom. The summed E-state index contributed by atoms with van der Waals surface area (Å²) in [5, 5.41) is 10.8. The van der Waals surface area contributed by atoms with Crippen LogP contribution in [-0.4, -0.2) is 10.1 Å². The predicted octanol–water partition coefficient (Wildman–Crippen LogP) is 5.53. The van der Waals surface area contributed by atoms with Gasteiger partial charge >= 0.3 is 0 Å². The third-order valence-corrected chi connectivity index (χ3v) is 4.38. The first-order valence-electron chi connectivity index (χ1n) is 7.70. The highest BCUT2D eigenvalue weighted by atomic mass is 35.5. The lowest BCUT2D eigenvalue weighted by Crippen LogP contribution is -2.02. The Kier molecular flexibility index (Phi) is 4.15. The van der Waals surface area contributed by atoms with Crippen LogP contribution in [0.3, 0.4) is 0 Å². The fraction of sp³-hybridized carbons (Fsp3) is 0. The largest absolute Gasteiger partial charge is 0.506 e. The van der Waals surface area contributed by atoms with Gasteiger partial charge in [0.2, 0.25) is 0 Å². The number of rotatable bonds is 2. The van der Waals surface area contributed by atoms with Gasteiger partial charge in [-0.2, -0.15) is 0 Å². The fourth-order valence-electron chi connectivity index (χ4n) is 2.75. The average molecular weight is 384 g/mol. The first-order valence-corrected chi connectivity index (χ1v) is 8.45. The summed E-state index contributed by atoms with van der Waals surface area (Å²) in [4.78, 5) is 16.7. The molecule has 1 N–H and O–H groups in total. The van der Waals surface area contributed by atoms with Crippen molar-refractivity contribution < 1.29 is 9.52 Å². The molecule has 0 atom stereocenters. The summed E-state index contributed by atoms with van der Waals surface area (Å²) < 4.78 is 6.00. The van der Waals surface area contributed by atoms with Gasteiger partial charge in [-0.1, -0.05) is 35.3 Å². The number of hydrogen-bond acceptors (Lipinski definition) is 4. The molecular weight excluding hydrogens is 373 g/mol. The van der Waals surface area contributed by atoms with Crippen LogP contribution in [0.1, 0.15) is 0 Å². The van der Waals surface area contributed by atoms with Crippen molar-refractivity contribution in [3.8, 4) is 28.3 Å². The zero-order valence-electron chi connectivity index (χ0n) is 13.2. The second kappa shape index (κ2) is 6.48. The summed E-state index contributed by atoms with van der Waals surface area (Å²) in [6, 6.07) is 14.9. The highest BCUT2D eigenvalue weighted by molar-refractivity contribution is 6.32. The van der Waals surface area contributed by atoms with Gasteiger partial charge in [0.25, 0.3) is 0 Å². The number of aromatic hydroxyl groups is 1. The van der Waals surface area contributed by atoms with Gasteiger partial charge in [0.15, 0.2) is 11.2 Å². The molecule has 0 bridgehead atoms. The van der Waals surface area contributed by atoms with E-state index in [1.54, 1.807) is 30.3 Å². The quantitative estimate of drug-likeness (QED) is 0.493. The van der Waals surface area contributed by atoms with Gasteiger partial charge in [-0.15, -0.1) is 0 Å². The Morgan fingerprint density at radius 1 is 0.962 bits per heavy atom. The molecule has 26 heavy (non-hydrogen) atoms. The van der Waals surface area contributed by atoms with Crippen molar-refractivity contribution in [1.82, 2.24) is 4.98 Å². The van der Waals surface area contributed by atoms with E-state index in [0.29, 0.717) is 38.0 Å². The molecule has 2 heterocycles. The maximum Gasteiger partial charge on any atom is 0.193 e.